The molecule has 15 heavy (non-hydrogen) atoms. The molecule has 0 fully saturated rings. The molecule has 1 unspecified atom stereocenters. The summed E-state index contributed by atoms with van der Waals surface area (Å²) in [7, 11) is -4.40. The Kier molecular flexibility index (Phi) is 6.43. The summed E-state index contributed by atoms with van der Waals surface area (Å²) in [5.41, 5.74) is 6.23. The Bertz CT molecular complexity index is 422. The van der Waals surface area contributed by atoms with Crippen molar-refractivity contribution >= 4 is 22.7 Å². The van der Waals surface area contributed by atoms with Crippen molar-refractivity contribution in [2.75, 3.05) is 5.75 Å². The summed E-state index contributed by atoms with van der Waals surface area (Å²) >= 11 is 3.98. The van der Waals surface area contributed by atoms with Crippen LogP contribution in [0.25, 0.3) is 0 Å². The molecule has 1 aromatic rings. The van der Waals surface area contributed by atoms with Gasteiger partial charge in [-0.1, -0.05) is 12.1 Å². The van der Waals surface area contributed by atoms with Gasteiger partial charge in [0.25, 0.3) is 0 Å². The minimum atomic E-state index is -4.40. The summed E-state index contributed by atoms with van der Waals surface area (Å²) in [6.45, 7) is 0. The van der Waals surface area contributed by atoms with Gasteiger partial charge in [0.05, 0.1) is 4.90 Å². The van der Waals surface area contributed by atoms with Crippen molar-refractivity contribution in [3.63, 3.8) is 0 Å². The van der Waals surface area contributed by atoms with E-state index in [1.54, 1.807) is 6.07 Å². The quantitative estimate of drug-likeness (QED) is 0.356. The van der Waals surface area contributed by atoms with Gasteiger partial charge in [0.2, 0.25) is 0 Å². The van der Waals surface area contributed by atoms with Gasteiger partial charge in [-0.25, -0.2) is 8.42 Å². The van der Waals surface area contributed by atoms with E-state index in [-0.39, 0.29) is 40.5 Å². The van der Waals surface area contributed by atoms with Crippen molar-refractivity contribution in [3.8, 4) is 0 Å². The maximum Gasteiger partial charge on any atom is 1.00 e. The minimum absolute atomic E-state index is 0. The monoisotopic (exact) mass is 255 g/mol. The van der Waals surface area contributed by atoms with E-state index in [2.05, 4.69) is 12.6 Å². The Morgan fingerprint density at radius 2 is 2.07 bits per heavy atom. The fraction of sp³-hybridized carbons (Fsp3) is 0.250. The zero-order valence-corrected chi connectivity index (χ0v) is 12.0. The van der Waals surface area contributed by atoms with E-state index in [9.17, 15) is 13.0 Å². The van der Waals surface area contributed by atoms with Gasteiger partial charge in [0, 0.05) is 11.8 Å². The van der Waals surface area contributed by atoms with Crippen LogP contribution in [0.2, 0.25) is 0 Å². The Hall–Kier alpha value is 0.440. The van der Waals surface area contributed by atoms with Gasteiger partial charge in [-0.3, -0.25) is 0 Å². The number of rotatable bonds is 3. The first-order valence-corrected chi connectivity index (χ1v) is 5.91. The molecule has 0 aliphatic rings. The first-order chi connectivity index (χ1) is 6.45. The molecule has 0 bridgehead atoms. The first kappa shape index (κ1) is 15.4. The van der Waals surface area contributed by atoms with Crippen LogP contribution in [-0.2, 0) is 10.1 Å². The maximum absolute atomic E-state index is 10.7. The third-order valence-electron chi connectivity index (χ3n) is 1.77. The number of thiol groups is 1. The van der Waals surface area contributed by atoms with Crippen molar-refractivity contribution in [1.82, 2.24) is 0 Å². The van der Waals surface area contributed by atoms with Gasteiger partial charge in [0.1, 0.15) is 10.1 Å². The standard InChI is InChI=1S/C8H11NO3S2.Na/c9-8(5-13)6-2-1-3-7(4-6)14(10,11)12;/h1-4,8,13H,5,9H2,(H,10,11,12);/q;+1/p-1. The van der Waals surface area contributed by atoms with E-state index < -0.39 is 10.1 Å². The molecule has 1 rings (SSSR count). The average Bonchev–Trinajstić information content (AvgIpc) is 2.15. The second-order valence-corrected chi connectivity index (χ2v) is 4.56. The fourth-order valence-corrected chi connectivity index (χ4v) is 1.74. The SMILES string of the molecule is NC(CS)c1cccc(S(=O)(=O)[O-])c1.[Na+]. The summed E-state index contributed by atoms with van der Waals surface area (Å²) in [6, 6.07) is 5.32. The van der Waals surface area contributed by atoms with Crippen molar-refractivity contribution in [1.29, 1.82) is 0 Å². The Balaban J connectivity index is 0.00000196. The normalized spacial score (nSPS) is 13.0. The molecule has 0 radical (unpaired) electrons. The van der Waals surface area contributed by atoms with E-state index in [1.165, 1.54) is 18.2 Å². The molecule has 0 heterocycles. The molecule has 0 aliphatic heterocycles. The largest absolute Gasteiger partial charge is 1.00 e. The van der Waals surface area contributed by atoms with Crippen LogP contribution < -0.4 is 35.3 Å². The van der Waals surface area contributed by atoms with Crippen LogP contribution >= 0.6 is 12.6 Å². The molecule has 2 N–H and O–H groups in total. The summed E-state index contributed by atoms with van der Waals surface area (Å²) in [5.74, 6) is 0.391. The minimum Gasteiger partial charge on any atom is -0.744 e. The topological polar surface area (TPSA) is 83.2 Å². The van der Waals surface area contributed by atoms with Gasteiger partial charge in [-0.15, -0.1) is 0 Å². The van der Waals surface area contributed by atoms with Gasteiger partial charge in [-0.05, 0) is 17.7 Å². The Morgan fingerprint density at radius 3 is 2.53 bits per heavy atom. The third-order valence-corrected chi connectivity index (χ3v) is 3.00. The summed E-state index contributed by atoms with van der Waals surface area (Å²) in [6.07, 6.45) is 0. The molecule has 0 amide bonds. The van der Waals surface area contributed by atoms with Gasteiger partial charge >= 0.3 is 29.6 Å². The zero-order valence-electron chi connectivity index (χ0n) is 8.25. The number of hydrogen-bond donors (Lipinski definition) is 2. The first-order valence-electron chi connectivity index (χ1n) is 3.87. The number of benzene rings is 1. The van der Waals surface area contributed by atoms with Crippen molar-refractivity contribution < 1.29 is 42.5 Å². The molecule has 1 atom stereocenters. The molecule has 4 nitrogen and oxygen atoms in total. The van der Waals surface area contributed by atoms with Crippen LogP contribution in [0.1, 0.15) is 11.6 Å². The van der Waals surface area contributed by atoms with E-state index in [4.69, 9.17) is 5.73 Å². The average molecular weight is 255 g/mol. The van der Waals surface area contributed by atoms with Crippen LogP contribution in [0.15, 0.2) is 29.2 Å². The number of hydrogen-bond acceptors (Lipinski definition) is 5. The van der Waals surface area contributed by atoms with Crippen LogP contribution in [0.5, 0.6) is 0 Å². The molecule has 78 valence electrons. The van der Waals surface area contributed by atoms with Gasteiger partial charge in [-0.2, -0.15) is 12.6 Å². The van der Waals surface area contributed by atoms with E-state index in [1.807, 2.05) is 0 Å². The maximum atomic E-state index is 10.7. The second kappa shape index (κ2) is 6.24. The Morgan fingerprint density at radius 1 is 1.47 bits per heavy atom. The predicted molar refractivity (Wildman–Crippen MR) is 55.2 cm³/mol. The van der Waals surface area contributed by atoms with Gasteiger partial charge in [0.15, 0.2) is 0 Å². The van der Waals surface area contributed by atoms with Crippen LogP contribution in [0, 0.1) is 0 Å². The smallest absolute Gasteiger partial charge is 0.744 e. The number of nitrogens with two attached hydrogens (primary N) is 1. The molecule has 0 saturated carbocycles. The summed E-state index contributed by atoms with van der Waals surface area (Å²) < 4.78 is 32.0. The summed E-state index contributed by atoms with van der Waals surface area (Å²) in [4.78, 5) is -0.257. The molecule has 0 aliphatic carbocycles. The summed E-state index contributed by atoms with van der Waals surface area (Å²) in [5, 5.41) is 0. The van der Waals surface area contributed by atoms with Crippen LogP contribution in [0.3, 0.4) is 0 Å². The molecular weight excluding hydrogens is 245 g/mol. The molecule has 7 heteroatoms. The molecule has 0 saturated heterocycles. The molecule has 0 spiro atoms. The van der Waals surface area contributed by atoms with Crippen molar-refractivity contribution in [2.24, 2.45) is 5.73 Å². The van der Waals surface area contributed by atoms with Crippen LogP contribution in [-0.4, -0.2) is 18.7 Å². The molecule has 1 aromatic carbocycles. The fourth-order valence-electron chi connectivity index (χ4n) is 1.01. The van der Waals surface area contributed by atoms with Crippen molar-refractivity contribution in [2.45, 2.75) is 10.9 Å². The molecule has 0 aromatic heterocycles. The van der Waals surface area contributed by atoms with Crippen LogP contribution in [0.4, 0.5) is 0 Å². The Labute approximate surface area is 117 Å². The third kappa shape index (κ3) is 4.44. The van der Waals surface area contributed by atoms with Gasteiger partial charge < -0.3 is 10.3 Å². The zero-order chi connectivity index (χ0) is 10.8. The van der Waals surface area contributed by atoms with E-state index in [0.29, 0.717) is 11.3 Å². The second-order valence-electron chi connectivity index (χ2n) is 2.82. The van der Waals surface area contributed by atoms with Crippen molar-refractivity contribution in [3.05, 3.63) is 29.8 Å². The predicted octanol–water partition coefficient (Wildman–Crippen LogP) is -2.48. The molecular formula is C8H10NNaO3S2. The van der Waals surface area contributed by atoms with E-state index in [0.717, 1.165) is 0 Å². The van der Waals surface area contributed by atoms with E-state index >= 15 is 0 Å².